The van der Waals surface area contributed by atoms with E-state index < -0.39 is 10.0 Å². The van der Waals surface area contributed by atoms with Crippen LogP contribution in [0.3, 0.4) is 0 Å². The molecule has 0 radical (unpaired) electrons. The molecule has 2 aliphatic rings. The Morgan fingerprint density at radius 3 is 2.38 bits per heavy atom. The monoisotopic (exact) mass is 204 g/mol. The maximum absolute atomic E-state index is 11.3. The minimum absolute atomic E-state index is 0.161. The van der Waals surface area contributed by atoms with E-state index in [2.05, 4.69) is 5.32 Å². The third-order valence-corrected chi connectivity index (χ3v) is 4.88. The van der Waals surface area contributed by atoms with Crippen LogP contribution >= 0.6 is 0 Å². The normalized spacial score (nSPS) is 40.2. The fourth-order valence-electron chi connectivity index (χ4n) is 2.62. The van der Waals surface area contributed by atoms with E-state index in [1.807, 2.05) is 0 Å². The molecule has 1 heterocycles. The molecule has 0 aromatic carbocycles. The van der Waals surface area contributed by atoms with E-state index >= 15 is 0 Å². The zero-order valence-electron chi connectivity index (χ0n) is 7.62. The number of hydrogen-bond donors (Lipinski definition) is 2. The summed E-state index contributed by atoms with van der Waals surface area (Å²) < 4.78 is 22.7. The summed E-state index contributed by atoms with van der Waals surface area (Å²) in [6.07, 6.45) is 4.78. The van der Waals surface area contributed by atoms with Crippen molar-refractivity contribution in [3.05, 3.63) is 0 Å². The van der Waals surface area contributed by atoms with Crippen LogP contribution in [0.5, 0.6) is 0 Å². The van der Waals surface area contributed by atoms with Gasteiger partial charge in [0.25, 0.3) is 0 Å². The summed E-state index contributed by atoms with van der Waals surface area (Å²) in [4.78, 5) is 0. The molecular weight excluding hydrogens is 188 g/mol. The molecule has 4 nitrogen and oxygen atoms in total. The van der Waals surface area contributed by atoms with Gasteiger partial charge in [0, 0.05) is 5.54 Å². The van der Waals surface area contributed by atoms with Gasteiger partial charge >= 0.3 is 0 Å². The first-order valence-corrected chi connectivity index (χ1v) is 6.42. The van der Waals surface area contributed by atoms with Crippen LogP contribution in [0.25, 0.3) is 0 Å². The minimum atomic E-state index is -3.36. The first kappa shape index (κ1) is 9.43. The SMILES string of the molecule is NS(=O)(=O)C1CCCCC12CCN2. The Morgan fingerprint density at radius 2 is 2.00 bits per heavy atom. The zero-order chi connectivity index (χ0) is 9.53. The Hall–Kier alpha value is -0.130. The highest BCUT2D eigenvalue weighted by molar-refractivity contribution is 7.89. The third kappa shape index (κ3) is 1.49. The van der Waals surface area contributed by atoms with Gasteiger partial charge in [0.05, 0.1) is 5.25 Å². The quantitative estimate of drug-likeness (QED) is 0.629. The molecule has 3 N–H and O–H groups in total. The van der Waals surface area contributed by atoms with Crippen molar-refractivity contribution in [2.24, 2.45) is 5.14 Å². The van der Waals surface area contributed by atoms with E-state index in [0.29, 0.717) is 0 Å². The first-order chi connectivity index (χ1) is 6.05. The average Bonchev–Trinajstić information content (AvgIpc) is 2.00. The van der Waals surface area contributed by atoms with Gasteiger partial charge in [-0.25, -0.2) is 13.6 Å². The Bertz CT molecular complexity index is 295. The Kier molecular flexibility index (Phi) is 2.13. The van der Waals surface area contributed by atoms with Gasteiger partial charge in [-0.2, -0.15) is 0 Å². The van der Waals surface area contributed by atoms with Crippen LogP contribution in [-0.2, 0) is 10.0 Å². The Balaban J connectivity index is 2.24. The predicted octanol–water partition coefficient (Wildman–Crippen LogP) is -0.0504. The van der Waals surface area contributed by atoms with Crippen molar-refractivity contribution < 1.29 is 8.42 Å². The summed E-state index contributed by atoms with van der Waals surface area (Å²) >= 11 is 0. The van der Waals surface area contributed by atoms with Crippen molar-refractivity contribution in [3.8, 4) is 0 Å². The number of sulfonamides is 1. The summed E-state index contributed by atoms with van der Waals surface area (Å²) in [6, 6.07) is 0. The zero-order valence-corrected chi connectivity index (χ0v) is 8.44. The number of nitrogens with one attached hydrogen (secondary N) is 1. The standard InChI is InChI=1S/C8H16N2O2S/c9-13(11,12)7-3-1-2-4-8(7)5-6-10-8/h7,10H,1-6H2,(H2,9,11,12). The number of primary sulfonamides is 1. The van der Waals surface area contributed by atoms with Gasteiger partial charge in [0.15, 0.2) is 0 Å². The molecule has 0 amide bonds. The molecule has 5 heteroatoms. The van der Waals surface area contributed by atoms with E-state index in [1.165, 1.54) is 0 Å². The molecule has 2 unspecified atom stereocenters. The van der Waals surface area contributed by atoms with Gasteiger partial charge < -0.3 is 5.32 Å². The van der Waals surface area contributed by atoms with Gasteiger partial charge in [0.2, 0.25) is 10.0 Å². The van der Waals surface area contributed by atoms with E-state index in [0.717, 1.165) is 38.6 Å². The third-order valence-electron chi connectivity index (χ3n) is 3.40. The largest absolute Gasteiger partial charge is 0.310 e. The van der Waals surface area contributed by atoms with Crippen molar-refractivity contribution >= 4 is 10.0 Å². The van der Waals surface area contributed by atoms with Crippen LogP contribution in [0.15, 0.2) is 0 Å². The first-order valence-electron chi connectivity index (χ1n) is 4.81. The van der Waals surface area contributed by atoms with E-state index in [1.54, 1.807) is 0 Å². The van der Waals surface area contributed by atoms with Gasteiger partial charge in [0.1, 0.15) is 0 Å². The average molecular weight is 204 g/mol. The van der Waals surface area contributed by atoms with Crippen molar-refractivity contribution in [2.75, 3.05) is 6.54 Å². The lowest BCUT2D eigenvalue weighted by atomic mass is 9.74. The van der Waals surface area contributed by atoms with Crippen LogP contribution in [0.2, 0.25) is 0 Å². The van der Waals surface area contributed by atoms with Crippen molar-refractivity contribution in [1.29, 1.82) is 0 Å². The smallest absolute Gasteiger partial charge is 0.213 e. The highest BCUT2D eigenvalue weighted by atomic mass is 32.2. The molecule has 13 heavy (non-hydrogen) atoms. The van der Waals surface area contributed by atoms with Crippen LogP contribution in [0, 0.1) is 0 Å². The fraction of sp³-hybridized carbons (Fsp3) is 1.00. The van der Waals surface area contributed by atoms with Gasteiger partial charge in [-0.1, -0.05) is 12.8 Å². The highest BCUT2D eigenvalue weighted by Crippen LogP contribution is 2.38. The second-order valence-electron chi connectivity index (χ2n) is 4.16. The molecule has 2 rings (SSSR count). The van der Waals surface area contributed by atoms with Crippen LogP contribution in [0.4, 0.5) is 0 Å². The maximum atomic E-state index is 11.3. The molecule has 1 spiro atoms. The molecule has 1 saturated heterocycles. The minimum Gasteiger partial charge on any atom is -0.310 e. The summed E-state index contributed by atoms with van der Waals surface area (Å²) in [6.45, 7) is 0.937. The van der Waals surface area contributed by atoms with E-state index in [4.69, 9.17) is 5.14 Å². The van der Waals surface area contributed by atoms with Crippen LogP contribution in [0.1, 0.15) is 32.1 Å². The summed E-state index contributed by atoms with van der Waals surface area (Å²) in [5.41, 5.74) is -0.161. The van der Waals surface area contributed by atoms with Gasteiger partial charge in [-0.3, -0.25) is 0 Å². The number of hydrogen-bond acceptors (Lipinski definition) is 3. The molecule has 2 atom stereocenters. The fourth-order valence-corrected chi connectivity index (χ4v) is 4.06. The van der Waals surface area contributed by atoms with E-state index in [9.17, 15) is 8.42 Å². The molecule has 1 aliphatic heterocycles. The summed E-state index contributed by atoms with van der Waals surface area (Å²) in [7, 11) is -3.36. The molecule has 1 saturated carbocycles. The molecule has 0 bridgehead atoms. The second-order valence-corrected chi connectivity index (χ2v) is 5.90. The number of nitrogens with two attached hydrogens (primary N) is 1. The molecule has 2 fully saturated rings. The second kappa shape index (κ2) is 2.93. The highest BCUT2D eigenvalue weighted by Gasteiger charge is 2.49. The predicted molar refractivity (Wildman–Crippen MR) is 50.7 cm³/mol. The van der Waals surface area contributed by atoms with E-state index in [-0.39, 0.29) is 10.8 Å². The van der Waals surface area contributed by atoms with Gasteiger partial charge in [-0.15, -0.1) is 0 Å². The van der Waals surface area contributed by atoms with Crippen molar-refractivity contribution in [3.63, 3.8) is 0 Å². The van der Waals surface area contributed by atoms with Gasteiger partial charge in [-0.05, 0) is 25.8 Å². The summed E-state index contributed by atoms with van der Waals surface area (Å²) in [5, 5.41) is 8.14. The Morgan fingerprint density at radius 1 is 1.31 bits per heavy atom. The Labute approximate surface area is 78.9 Å². The van der Waals surface area contributed by atoms with Crippen molar-refractivity contribution in [1.82, 2.24) is 5.32 Å². The lowest BCUT2D eigenvalue weighted by Crippen LogP contribution is -2.67. The lowest BCUT2D eigenvalue weighted by molar-refractivity contribution is 0.148. The van der Waals surface area contributed by atoms with Crippen LogP contribution < -0.4 is 10.5 Å². The molecule has 1 aliphatic carbocycles. The van der Waals surface area contributed by atoms with Crippen molar-refractivity contribution in [2.45, 2.75) is 42.9 Å². The topological polar surface area (TPSA) is 72.2 Å². The molecule has 0 aromatic heterocycles. The molecular formula is C8H16N2O2S. The lowest BCUT2D eigenvalue weighted by Gasteiger charge is -2.50. The summed E-state index contributed by atoms with van der Waals surface area (Å²) in [5.74, 6) is 0. The molecule has 0 aromatic rings. The molecule has 76 valence electrons. The van der Waals surface area contributed by atoms with Crippen LogP contribution in [-0.4, -0.2) is 25.8 Å². The maximum Gasteiger partial charge on any atom is 0.213 e. The number of rotatable bonds is 1.